The molecule has 4 aromatic rings. The van der Waals surface area contributed by atoms with Crippen molar-refractivity contribution in [3.63, 3.8) is 0 Å². The third-order valence-electron chi connectivity index (χ3n) is 5.35. The third kappa shape index (κ3) is 5.93. The summed E-state index contributed by atoms with van der Waals surface area (Å²) in [7, 11) is 1.80. The molecule has 184 valence electrons. The monoisotopic (exact) mass is 513 g/mol. The number of alkyl halides is 3. The fourth-order valence-electron chi connectivity index (χ4n) is 3.57. The van der Waals surface area contributed by atoms with Gasteiger partial charge in [-0.15, -0.1) is 0 Å². The van der Waals surface area contributed by atoms with E-state index >= 15 is 0 Å². The molecule has 0 atom stereocenters. The molecule has 0 aliphatic rings. The maximum Gasteiger partial charge on any atom is 0.417 e. The summed E-state index contributed by atoms with van der Waals surface area (Å²) in [5.41, 5.74) is 1.03. The number of nitrogens with zero attached hydrogens (tertiary/aromatic N) is 5. The highest BCUT2D eigenvalue weighted by molar-refractivity contribution is 6.31. The molecule has 0 saturated carbocycles. The Labute approximate surface area is 209 Å². The number of benzene rings is 2. The standard InChI is InChI=1S/C25H19ClF3N5O2/c1-33-14-17(13-31-33)15-34-9-8-19(32-24(34)35)4-2-16-3-7-23(18(10-16)12-30)36-20-5-6-22(26)21(11-20)25(27,28)29/h3,5-11,13-14H,2,4,15H2,1H3. The van der Waals surface area contributed by atoms with Crippen molar-refractivity contribution in [3.05, 3.63) is 105 Å². The Hall–Kier alpha value is -4.10. The van der Waals surface area contributed by atoms with E-state index in [9.17, 15) is 23.2 Å². The van der Waals surface area contributed by atoms with E-state index in [1.54, 1.807) is 42.3 Å². The second-order valence-corrected chi connectivity index (χ2v) is 8.44. The van der Waals surface area contributed by atoms with Crippen molar-refractivity contribution in [3.8, 4) is 17.6 Å². The molecule has 0 bridgehead atoms. The molecule has 0 spiro atoms. The van der Waals surface area contributed by atoms with Gasteiger partial charge in [-0.1, -0.05) is 17.7 Å². The molecule has 0 unspecified atom stereocenters. The number of aryl methyl sites for hydroxylation is 3. The molecule has 2 heterocycles. The van der Waals surface area contributed by atoms with Crippen molar-refractivity contribution >= 4 is 11.6 Å². The molecule has 0 amide bonds. The van der Waals surface area contributed by atoms with Gasteiger partial charge in [-0.25, -0.2) is 4.79 Å². The maximum atomic E-state index is 13.1. The lowest BCUT2D eigenvalue weighted by Gasteiger charge is -2.13. The topological polar surface area (TPSA) is 85.7 Å². The van der Waals surface area contributed by atoms with Crippen LogP contribution >= 0.6 is 11.6 Å². The molecular weight excluding hydrogens is 495 g/mol. The predicted octanol–water partition coefficient (Wildman–Crippen LogP) is 5.15. The van der Waals surface area contributed by atoms with Crippen LogP contribution in [0.4, 0.5) is 13.2 Å². The smallest absolute Gasteiger partial charge is 0.417 e. The van der Waals surface area contributed by atoms with E-state index in [2.05, 4.69) is 10.1 Å². The summed E-state index contributed by atoms with van der Waals surface area (Å²) in [6.07, 6.45) is 1.50. The molecule has 2 aromatic carbocycles. The summed E-state index contributed by atoms with van der Waals surface area (Å²) in [6.45, 7) is 0.366. The Balaban J connectivity index is 1.44. The molecule has 0 aliphatic carbocycles. The van der Waals surface area contributed by atoms with Gasteiger partial charge in [0, 0.05) is 30.7 Å². The van der Waals surface area contributed by atoms with Gasteiger partial charge in [0.2, 0.25) is 0 Å². The first kappa shape index (κ1) is 25.0. The quantitative estimate of drug-likeness (QED) is 0.341. The Bertz CT molecular complexity index is 1500. The zero-order valence-electron chi connectivity index (χ0n) is 19.0. The highest BCUT2D eigenvalue weighted by Gasteiger charge is 2.33. The van der Waals surface area contributed by atoms with Crippen LogP contribution in [0.3, 0.4) is 0 Å². The van der Waals surface area contributed by atoms with Crippen LogP contribution in [-0.4, -0.2) is 19.3 Å². The minimum Gasteiger partial charge on any atom is -0.456 e. The average Bonchev–Trinajstić information content (AvgIpc) is 3.25. The summed E-state index contributed by atoms with van der Waals surface area (Å²) in [5.74, 6) is 0.0276. The number of hydrogen-bond acceptors (Lipinski definition) is 5. The zero-order valence-corrected chi connectivity index (χ0v) is 19.7. The van der Waals surface area contributed by atoms with Gasteiger partial charge >= 0.3 is 11.9 Å². The van der Waals surface area contributed by atoms with Crippen LogP contribution in [0.25, 0.3) is 0 Å². The van der Waals surface area contributed by atoms with Gasteiger partial charge in [0.15, 0.2) is 0 Å². The SMILES string of the molecule is Cn1cc(Cn2ccc(CCc3ccc(Oc4ccc(Cl)c(C(F)(F)F)c4)c(C#N)c3)nc2=O)cn1. The van der Waals surface area contributed by atoms with E-state index < -0.39 is 16.8 Å². The van der Waals surface area contributed by atoms with E-state index in [1.165, 1.54) is 16.7 Å². The number of hydrogen-bond donors (Lipinski definition) is 0. The van der Waals surface area contributed by atoms with E-state index in [0.29, 0.717) is 25.1 Å². The molecule has 0 radical (unpaired) electrons. The van der Waals surface area contributed by atoms with Crippen molar-refractivity contribution < 1.29 is 17.9 Å². The lowest BCUT2D eigenvalue weighted by atomic mass is 10.0. The Morgan fingerprint density at radius 2 is 1.92 bits per heavy atom. The molecule has 11 heteroatoms. The summed E-state index contributed by atoms with van der Waals surface area (Å²) >= 11 is 5.65. The number of nitriles is 1. The van der Waals surface area contributed by atoms with Gasteiger partial charge in [-0.3, -0.25) is 9.25 Å². The molecular formula is C25H19ClF3N5O2. The second kappa shape index (κ2) is 10.3. The van der Waals surface area contributed by atoms with Gasteiger partial charge in [-0.2, -0.15) is 28.5 Å². The van der Waals surface area contributed by atoms with Crippen LogP contribution in [0.15, 0.2) is 65.8 Å². The van der Waals surface area contributed by atoms with Crippen LogP contribution in [0.1, 0.15) is 27.9 Å². The van der Waals surface area contributed by atoms with E-state index in [4.69, 9.17) is 16.3 Å². The van der Waals surface area contributed by atoms with Crippen LogP contribution < -0.4 is 10.4 Å². The zero-order chi connectivity index (χ0) is 25.9. The third-order valence-corrected chi connectivity index (χ3v) is 5.68. The molecule has 0 saturated heterocycles. The van der Waals surface area contributed by atoms with Crippen LogP contribution in [-0.2, 0) is 32.6 Å². The van der Waals surface area contributed by atoms with Gasteiger partial charge in [0.25, 0.3) is 0 Å². The van der Waals surface area contributed by atoms with Crippen molar-refractivity contribution in [1.29, 1.82) is 5.26 Å². The minimum absolute atomic E-state index is 0.0907. The van der Waals surface area contributed by atoms with Crippen LogP contribution in [0.2, 0.25) is 5.02 Å². The van der Waals surface area contributed by atoms with Gasteiger partial charge in [-0.05, 0) is 54.8 Å². The average molecular weight is 514 g/mol. The largest absolute Gasteiger partial charge is 0.456 e. The van der Waals surface area contributed by atoms with Crippen LogP contribution in [0, 0.1) is 11.3 Å². The molecule has 0 N–H and O–H groups in total. The van der Waals surface area contributed by atoms with Crippen molar-refractivity contribution in [2.45, 2.75) is 25.6 Å². The summed E-state index contributed by atoms with van der Waals surface area (Å²) < 4.78 is 48.0. The van der Waals surface area contributed by atoms with Gasteiger partial charge in [0.1, 0.15) is 17.6 Å². The highest BCUT2D eigenvalue weighted by Crippen LogP contribution is 2.38. The van der Waals surface area contributed by atoms with Crippen molar-refractivity contribution in [1.82, 2.24) is 19.3 Å². The maximum absolute atomic E-state index is 13.1. The normalized spacial score (nSPS) is 11.3. The number of aromatic nitrogens is 4. The Morgan fingerprint density at radius 3 is 2.58 bits per heavy atom. The summed E-state index contributed by atoms with van der Waals surface area (Å²) in [5, 5.41) is 13.2. The molecule has 0 aliphatic heterocycles. The number of rotatable bonds is 7. The van der Waals surface area contributed by atoms with Crippen molar-refractivity contribution in [2.75, 3.05) is 0 Å². The molecule has 7 nitrogen and oxygen atoms in total. The van der Waals surface area contributed by atoms with E-state index in [0.717, 1.165) is 23.3 Å². The number of ether oxygens (including phenoxy) is 1. The summed E-state index contributed by atoms with van der Waals surface area (Å²) in [4.78, 5) is 16.5. The first-order valence-corrected chi connectivity index (χ1v) is 11.1. The minimum atomic E-state index is -4.63. The van der Waals surface area contributed by atoms with E-state index in [-0.39, 0.29) is 22.8 Å². The highest BCUT2D eigenvalue weighted by atomic mass is 35.5. The van der Waals surface area contributed by atoms with Crippen molar-refractivity contribution in [2.24, 2.45) is 7.05 Å². The summed E-state index contributed by atoms with van der Waals surface area (Å²) in [6, 6.07) is 11.8. The fourth-order valence-corrected chi connectivity index (χ4v) is 3.79. The van der Waals surface area contributed by atoms with Gasteiger partial charge in [0.05, 0.1) is 28.9 Å². The van der Waals surface area contributed by atoms with E-state index in [1.807, 2.05) is 12.3 Å². The molecule has 0 fully saturated rings. The molecule has 36 heavy (non-hydrogen) atoms. The Morgan fingerprint density at radius 1 is 1.11 bits per heavy atom. The first-order chi connectivity index (χ1) is 17.1. The number of halogens is 4. The first-order valence-electron chi connectivity index (χ1n) is 10.7. The predicted molar refractivity (Wildman–Crippen MR) is 126 cm³/mol. The van der Waals surface area contributed by atoms with Gasteiger partial charge < -0.3 is 4.74 Å². The lowest BCUT2D eigenvalue weighted by molar-refractivity contribution is -0.137. The second-order valence-electron chi connectivity index (χ2n) is 8.04. The lowest BCUT2D eigenvalue weighted by Crippen LogP contribution is -2.24. The molecule has 4 rings (SSSR count). The fraction of sp³-hybridized carbons (Fsp3) is 0.200. The van der Waals surface area contributed by atoms with Crippen LogP contribution in [0.5, 0.6) is 11.5 Å². The molecule has 2 aromatic heterocycles. The Kier molecular flexibility index (Phi) is 7.12.